The van der Waals surface area contributed by atoms with E-state index in [2.05, 4.69) is 10.2 Å². The number of halogens is 1. The van der Waals surface area contributed by atoms with Gasteiger partial charge in [0.25, 0.3) is 17.3 Å². The first-order chi connectivity index (χ1) is 13.9. The topological polar surface area (TPSA) is 132 Å². The minimum Gasteiger partial charge on any atom is -0.468 e. The van der Waals surface area contributed by atoms with Gasteiger partial charge in [0.2, 0.25) is 0 Å². The van der Waals surface area contributed by atoms with Crippen LogP contribution in [0.1, 0.15) is 41.4 Å². The van der Waals surface area contributed by atoms with Crippen LogP contribution in [-0.2, 0) is 0 Å². The third-order valence-corrected chi connectivity index (χ3v) is 5.25. The molecule has 0 saturated carbocycles. The van der Waals surface area contributed by atoms with E-state index in [4.69, 9.17) is 16.0 Å². The molecule has 2 aromatic rings. The van der Waals surface area contributed by atoms with Crippen molar-refractivity contribution in [1.82, 2.24) is 10.2 Å². The van der Waals surface area contributed by atoms with Crippen LogP contribution in [0.15, 0.2) is 34.9 Å². The largest absolute Gasteiger partial charge is 0.468 e. The number of hydrogen-bond donors (Lipinski definition) is 1. The lowest BCUT2D eigenvalue weighted by atomic mass is 10.1. The zero-order chi connectivity index (χ0) is 21.0. The van der Waals surface area contributed by atoms with Gasteiger partial charge in [-0.1, -0.05) is 18.0 Å². The molecule has 154 valence electrons. The van der Waals surface area contributed by atoms with Gasteiger partial charge in [-0.05, 0) is 38.1 Å². The number of hydrogen-bond acceptors (Lipinski definition) is 7. The molecule has 0 bridgehead atoms. The van der Waals surface area contributed by atoms with E-state index in [1.807, 2.05) is 6.07 Å². The second-order valence-electron chi connectivity index (χ2n) is 6.68. The highest BCUT2D eigenvalue weighted by molar-refractivity contribution is 6.36. The van der Waals surface area contributed by atoms with Gasteiger partial charge in [0.15, 0.2) is 0 Å². The molecule has 0 radical (unpaired) electrons. The smallest absolute Gasteiger partial charge is 0.295 e. The Morgan fingerprint density at radius 1 is 1.21 bits per heavy atom. The van der Waals surface area contributed by atoms with Crippen LogP contribution in [0.25, 0.3) is 0 Å². The van der Waals surface area contributed by atoms with E-state index < -0.39 is 32.2 Å². The number of nitro benzene ring substituents is 2. The molecule has 3 rings (SSSR count). The summed E-state index contributed by atoms with van der Waals surface area (Å²) in [4.78, 5) is 35.4. The zero-order valence-corrected chi connectivity index (χ0v) is 16.1. The van der Waals surface area contributed by atoms with Crippen LogP contribution in [-0.4, -0.2) is 40.3 Å². The predicted octanol–water partition coefficient (Wildman–Crippen LogP) is 3.71. The van der Waals surface area contributed by atoms with E-state index >= 15 is 0 Å². The third-order valence-electron chi connectivity index (χ3n) is 4.85. The molecule has 10 nitrogen and oxygen atoms in total. The van der Waals surface area contributed by atoms with Gasteiger partial charge in [-0.3, -0.25) is 29.9 Å². The molecule has 1 aliphatic heterocycles. The minimum absolute atomic E-state index is 0.166. The Morgan fingerprint density at radius 2 is 1.93 bits per heavy atom. The van der Waals surface area contributed by atoms with Crippen molar-refractivity contribution < 1.29 is 19.1 Å². The average Bonchev–Trinajstić information content (AvgIpc) is 3.23. The Labute approximate surface area is 170 Å². The van der Waals surface area contributed by atoms with E-state index in [9.17, 15) is 25.0 Å². The summed E-state index contributed by atoms with van der Waals surface area (Å²) in [6, 6.07) is 5.03. The van der Waals surface area contributed by atoms with E-state index in [1.54, 1.807) is 12.3 Å². The number of non-ortho nitro benzene ring substituents is 1. The second-order valence-corrected chi connectivity index (χ2v) is 7.06. The van der Waals surface area contributed by atoms with Crippen molar-refractivity contribution in [3.05, 3.63) is 67.1 Å². The van der Waals surface area contributed by atoms with Gasteiger partial charge in [0, 0.05) is 12.6 Å². The maximum absolute atomic E-state index is 12.7. The highest BCUT2D eigenvalue weighted by Gasteiger charge is 2.28. The van der Waals surface area contributed by atoms with Crippen molar-refractivity contribution in [3.8, 4) is 0 Å². The number of benzene rings is 1. The second kappa shape index (κ2) is 9.01. The molecule has 1 aliphatic rings. The quantitative estimate of drug-likeness (QED) is 0.531. The van der Waals surface area contributed by atoms with Crippen LogP contribution >= 0.6 is 11.6 Å². The minimum atomic E-state index is -0.856. The molecule has 0 unspecified atom stereocenters. The Kier molecular flexibility index (Phi) is 6.45. The summed E-state index contributed by atoms with van der Waals surface area (Å²) in [7, 11) is 0. The van der Waals surface area contributed by atoms with E-state index in [-0.39, 0.29) is 18.2 Å². The molecule has 1 atom stereocenters. The summed E-state index contributed by atoms with van der Waals surface area (Å²) < 4.78 is 5.51. The molecule has 0 spiro atoms. The predicted molar refractivity (Wildman–Crippen MR) is 104 cm³/mol. The highest BCUT2D eigenvalue weighted by Crippen LogP contribution is 2.33. The first-order valence-electron chi connectivity index (χ1n) is 9.06. The van der Waals surface area contributed by atoms with Gasteiger partial charge in [-0.25, -0.2) is 0 Å². The fourth-order valence-electron chi connectivity index (χ4n) is 3.40. The first-order valence-corrected chi connectivity index (χ1v) is 9.44. The fourth-order valence-corrected chi connectivity index (χ4v) is 3.67. The number of nitro groups is 2. The molecule has 1 aromatic heterocycles. The van der Waals surface area contributed by atoms with Crippen LogP contribution in [0.2, 0.25) is 5.02 Å². The summed E-state index contributed by atoms with van der Waals surface area (Å²) in [6.45, 7) is 1.87. The molecule has 29 heavy (non-hydrogen) atoms. The van der Waals surface area contributed by atoms with Crippen molar-refractivity contribution >= 4 is 28.9 Å². The van der Waals surface area contributed by atoms with Gasteiger partial charge in [-0.2, -0.15) is 0 Å². The number of nitrogens with one attached hydrogen (secondary N) is 1. The number of carbonyl (C=O) groups excluding carboxylic acids is 1. The number of carbonyl (C=O) groups is 1. The number of nitrogens with zero attached hydrogens (tertiary/aromatic N) is 3. The van der Waals surface area contributed by atoms with Crippen LogP contribution in [0, 0.1) is 20.2 Å². The van der Waals surface area contributed by atoms with Crippen LogP contribution < -0.4 is 5.32 Å². The SMILES string of the molecule is O=C(NC[C@H](c1ccco1)N1CCCCC1)c1cc([N+](=O)[O-])cc([N+](=O)[O-])c1Cl. The number of piperidine rings is 1. The Bertz CT molecular complexity index is 911. The first kappa shape index (κ1) is 20.7. The average molecular weight is 423 g/mol. The maximum Gasteiger partial charge on any atom is 0.295 e. The van der Waals surface area contributed by atoms with Gasteiger partial charge in [0.1, 0.15) is 10.8 Å². The monoisotopic (exact) mass is 422 g/mol. The van der Waals surface area contributed by atoms with Gasteiger partial charge >= 0.3 is 0 Å². The lowest BCUT2D eigenvalue weighted by Gasteiger charge is -2.33. The van der Waals surface area contributed by atoms with Gasteiger partial charge < -0.3 is 9.73 Å². The highest BCUT2D eigenvalue weighted by atomic mass is 35.5. The number of rotatable bonds is 7. The van der Waals surface area contributed by atoms with Crippen LogP contribution in [0.3, 0.4) is 0 Å². The Balaban J connectivity index is 1.83. The standard InChI is InChI=1S/C18H19ClN4O6/c19-17-13(9-12(22(25)26)10-14(17)23(27)28)18(24)20-11-15(16-5-4-8-29-16)21-6-2-1-3-7-21/h4-5,8-10,15H,1-3,6-7,11H2,(H,20,24)/t15-/m1/s1. The lowest BCUT2D eigenvalue weighted by Crippen LogP contribution is -2.40. The molecule has 1 saturated heterocycles. The number of furan rings is 1. The van der Waals surface area contributed by atoms with Crippen molar-refractivity contribution in [3.63, 3.8) is 0 Å². The lowest BCUT2D eigenvalue weighted by molar-refractivity contribution is -0.394. The van der Waals surface area contributed by atoms with E-state index in [1.165, 1.54) is 0 Å². The van der Waals surface area contributed by atoms with E-state index in [0.717, 1.165) is 44.5 Å². The zero-order valence-electron chi connectivity index (χ0n) is 15.4. The summed E-state index contributed by atoms with van der Waals surface area (Å²) in [5.41, 5.74) is -1.58. The fraction of sp³-hybridized carbons (Fsp3) is 0.389. The Hall–Kier alpha value is -2.98. The van der Waals surface area contributed by atoms with E-state index in [0.29, 0.717) is 5.76 Å². The molecular formula is C18H19ClN4O6. The van der Waals surface area contributed by atoms with Crippen LogP contribution in [0.4, 0.5) is 11.4 Å². The van der Waals surface area contributed by atoms with Crippen molar-refractivity contribution in [2.24, 2.45) is 0 Å². The van der Waals surface area contributed by atoms with Gasteiger partial charge in [-0.15, -0.1) is 0 Å². The molecule has 2 heterocycles. The maximum atomic E-state index is 12.7. The van der Waals surface area contributed by atoms with Crippen LogP contribution in [0.5, 0.6) is 0 Å². The van der Waals surface area contributed by atoms with Crippen molar-refractivity contribution in [2.75, 3.05) is 19.6 Å². The summed E-state index contributed by atoms with van der Waals surface area (Å²) >= 11 is 5.98. The number of amides is 1. The molecule has 1 amide bonds. The Morgan fingerprint density at radius 3 is 2.52 bits per heavy atom. The van der Waals surface area contributed by atoms with Gasteiger partial charge in [0.05, 0.1) is 33.8 Å². The third kappa shape index (κ3) is 4.72. The molecule has 1 fully saturated rings. The van der Waals surface area contributed by atoms with Crippen molar-refractivity contribution in [2.45, 2.75) is 25.3 Å². The molecule has 0 aliphatic carbocycles. The summed E-state index contributed by atoms with van der Waals surface area (Å²) in [5.74, 6) is -0.0429. The molecular weight excluding hydrogens is 404 g/mol. The summed E-state index contributed by atoms with van der Waals surface area (Å²) in [6.07, 6.45) is 4.76. The summed E-state index contributed by atoms with van der Waals surface area (Å²) in [5, 5.41) is 24.5. The molecule has 1 N–H and O–H groups in total. The number of likely N-dealkylation sites (tertiary alicyclic amines) is 1. The van der Waals surface area contributed by atoms with Crippen molar-refractivity contribution in [1.29, 1.82) is 0 Å². The molecule has 1 aromatic carbocycles. The molecule has 11 heteroatoms. The normalized spacial score (nSPS) is 15.6.